The van der Waals surface area contributed by atoms with E-state index in [0.29, 0.717) is 31.7 Å². The first-order valence-corrected chi connectivity index (χ1v) is 9.10. The molecule has 0 bridgehead atoms. The van der Waals surface area contributed by atoms with Crippen LogP contribution in [0.3, 0.4) is 0 Å². The Labute approximate surface area is 161 Å². The molecule has 0 N–H and O–H groups in total. The topological polar surface area (TPSA) is 66.7 Å². The molecule has 0 spiro atoms. The molecule has 2 aromatic rings. The number of nitrogens with zero attached hydrogens (tertiary/aromatic N) is 3. The van der Waals surface area contributed by atoms with Crippen LogP contribution in [0.4, 0.5) is 4.39 Å². The molecule has 1 saturated heterocycles. The summed E-state index contributed by atoms with van der Waals surface area (Å²) < 4.78 is 19.5. The Balaban J connectivity index is 1.85. The number of hydrogen-bond donors (Lipinski definition) is 0. The van der Waals surface area contributed by atoms with Crippen LogP contribution >= 0.6 is 11.6 Å². The molecule has 1 fully saturated rings. The van der Waals surface area contributed by atoms with Gasteiger partial charge in [-0.2, -0.15) is 0 Å². The number of aromatic nitrogens is 1. The van der Waals surface area contributed by atoms with Gasteiger partial charge in [0.15, 0.2) is 0 Å². The molecule has 1 aliphatic heterocycles. The third kappa shape index (κ3) is 3.69. The van der Waals surface area contributed by atoms with E-state index in [1.54, 1.807) is 30.8 Å². The zero-order valence-corrected chi connectivity index (χ0v) is 16.2. The van der Waals surface area contributed by atoms with Crippen LogP contribution in [0.2, 0.25) is 5.02 Å². The normalized spacial score (nSPS) is 15.1. The van der Waals surface area contributed by atoms with Crippen molar-refractivity contribution in [2.24, 2.45) is 5.92 Å². The number of hydrogen-bond acceptors (Lipinski definition) is 4. The van der Waals surface area contributed by atoms with Crippen molar-refractivity contribution in [3.05, 3.63) is 40.4 Å². The van der Waals surface area contributed by atoms with E-state index >= 15 is 0 Å². The zero-order valence-electron chi connectivity index (χ0n) is 15.5. The molecule has 1 aromatic heterocycles. The number of amides is 2. The van der Waals surface area contributed by atoms with E-state index in [0.717, 1.165) is 0 Å². The molecule has 144 valence electrons. The Hall–Kier alpha value is -2.41. The van der Waals surface area contributed by atoms with Crippen molar-refractivity contribution in [2.75, 3.05) is 27.2 Å². The molecule has 1 aliphatic rings. The highest BCUT2D eigenvalue weighted by Gasteiger charge is 2.32. The smallest absolute Gasteiger partial charge is 0.259 e. The van der Waals surface area contributed by atoms with Gasteiger partial charge in [-0.3, -0.25) is 9.59 Å². The number of carbonyl (C=O) groups excluding carboxylic acids is 2. The van der Waals surface area contributed by atoms with E-state index in [2.05, 4.69) is 5.16 Å². The number of rotatable bonds is 3. The fourth-order valence-electron chi connectivity index (χ4n) is 3.37. The third-order valence-corrected chi connectivity index (χ3v) is 5.16. The summed E-state index contributed by atoms with van der Waals surface area (Å²) in [6.45, 7) is 2.50. The van der Waals surface area contributed by atoms with Crippen molar-refractivity contribution in [1.29, 1.82) is 0 Å². The lowest BCUT2D eigenvalue weighted by Crippen LogP contribution is -2.43. The highest BCUT2D eigenvalue weighted by atomic mass is 35.5. The Morgan fingerprint density at radius 3 is 2.56 bits per heavy atom. The monoisotopic (exact) mass is 393 g/mol. The first kappa shape index (κ1) is 19.4. The van der Waals surface area contributed by atoms with Gasteiger partial charge in [0, 0.05) is 33.1 Å². The molecule has 0 unspecified atom stereocenters. The van der Waals surface area contributed by atoms with Crippen LogP contribution in [0.5, 0.6) is 0 Å². The van der Waals surface area contributed by atoms with Crippen LogP contribution in [-0.2, 0) is 4.79 Å². The second-order valence-electron chi connectivity index (χ2n) is 6.86. The second kappa shape index (κ2) is 7.68. The minimum atomic E-state index is -0.569. The Morgan fingerprint density at radius 2 is 1.96 bits per heavy atom. The van der Waals surface area contributed by atoms with E-state index in [-0.39, 0.29) is 39.6 Å². The zero-order chi connectivity index (χ0) is 19.7. The summed E-state index contributed by atoms with van der Waals surface area (Å²) in [4.78, 5) is 28.4. The minimum Gasteiger partial charge on any atom is -0.360 e. The van der Waals surface area contributed by atoms with Gasteiger partial charge in [-0.15, -0.1) is 0 Å². The number of likely N-dealkylation sites (tertiary alicyclic amines) is 1. The average Bonchev–Trinajstić information content (AvgIpc) is 3.01. The van der Waals surface area contributed by atoms with Crippen LogP contribution in [-0.4, -0.2) is 54.0 Å². The number of carbonyl (C=O) groups is 2. The van der Waals surface area contributed by atoms with Gasteiger partial charge in [0.25, 0.3) is 5.91 Å². The quantitative estimate of drug-likeness (QED) is 0.801. The van der Waals surface area contributed by atoms with Crippen molar-refractivity contribution in [3.8, 4) is 11.3 Å². The summed E-state index contributed by atoms with van der Waals surface area (Å²) in [6.07, 6.45) is 1.17. The van der Waals surface area contributed by atoms with Crippen molar-refractivity contribution in [2.45, 2.75) is 19.8 Å². The molecule has 0 radical (unpaired) electrons. The van der Waals surface area contributed by atoms with Crippen LogP contribution in [0, 0.1) is 18.7 Å². The average molecular weight is 394 g/mol. The molecule has 0 saturated carbocycles. The predicted octanol–water partition coefficient (Wildman–Crippen LogP) is 3.38. The Morgan fingerprint density at radius 1 is 1.30 bits per heavy atom. The molecule has 27 heavy (non-hydrogen) atoms. The maximum atomic E-state index is 14.3. The van der Waals surface area contributed by atoms with Gasteiger partial charge in [0.2, 0.25) is 5.91 Å². The van der Waals surface area contributed by atoms with Crippen molar-refractivity contribution in [3.63, 3.8) is 0 Å². The highest BCUT2D eigenvalue weighted by Crippen LogP contribution is 2.34. The van der Waals surface area contributed by atoms with Crippen molar-refractivity contribution < 1.29 is 18.5 Å². The lowest BCUT2D eigenvalue weighted by Gasteiger charge is -2.32. The maximum Gasteiger partial charge on any atom is 0.259 e. The first-order chi connectivity index (χ1) is 12.8. The molecule has 8 heteroatoms. The van der Waals surface area contributed by atoms with Gasteiger partial charge in [0.05, 0.1) is 10.6 Å². The molecule has 0 atom stereocenters. The number of benzene rings is 1. The molecule has 3 rings (SSSR count). The van der Waals surface area contributed by atoms with Gasteiger partial charge in [-0.25, -0.2) is 4.39 Å². The second-order valence-corrected chi connectivity index (χ2v) is 7.27. The summed E-state index contributed by atoms with van der Waals surface area (Å²) >= 11 is 6.13. The molecular formula is C19H21ClFN3O3. The van der Waals surface area contributed by atoms with Gasteiger partial charge in [-0.05, 0) is 31.9 Å². The van der Waals surface area contributed by atoms with Gasteiger partial charge >= 0.3 is 0 Å². The van der Waals surface area contributed by atoms with Crippen molar-refractivity contribution >= 4 is 23.4 Å². The molecule has 0 aliphatic carbocycles. The van der Waals surface area contributed by atoms with Gasteiger partial charge < -0.3 is 14.3 Å². The Kier molecular flexibility index (Phi) is 5.51. The van der Waals surface area contributed by atoms with Crippen LogP contribution in [0.1, 0.15) is 29.0 Å². The molecule has 1 aromatic carbocycles. The maximum absolute atomic E-state index is 14.3. The molecular weight excluding hydrogens is 373 g/mol. The first-order valence-electron chi connectivity index (χ1n) is 8.72. The fourth-order valence-corrected chi connectivity index (χ4v) is 3.62. The minimum absolute atomic E-state index is 0.0528. The SMILES string of the molecule is Cc1onc(-c2c(F)cccc2Cl)c1C(=O)N1CCC(C(=O)N(C)C)CC1. The summed E-state index contributed by atoms with van der Waals surface area (Å²) in [7, 11) is 3.45. The number of halogens is 2. The third-order valence-electron chi connectivity index (χ3n) is 4.85. The van der Waals surface area contributed by atoms with E-state index in [9.17, 15) is 14.0 Å². The Bertz CT molecular complexity index is 853. The predicted molar refractivity (Wildman–Crippen MR) is 99.0 cm³/mol. The van der Waals surface area contributed by atoms with Crippen molar-refractivity contribution in [1.82, 2.24) is 15.0 Å². The highest BCUT2D eigenvalue weighted by molar-refractivity contribution is 6.33. The lowest BCUT2D eigenvalue weighted by molar-refractivity contribution is -0.134. The summed E-state index contributed by atoms with van der Waals surface area (Å²) in [6, 6.07) is 4.29. The van der Waals surface area contributed by atoms with E-state index in [4.69, 9.17) is 16.1 Å². The summed E-state index contributed by atoms with van der Waals surface area (Å²) in [5.41, 5.74) is 0.364. The molecule has 2 amide bonds. The van der Waals surface area contributed by atoms with Crippen LogP contribution < -0.4 is 0 Å². The van der Waals surface area contributed by atoms with E-state index < -0.39 is 5.82 Å². The lowest BCUT2D eigenvalue weighted by atomic mass is 9.94. The van der Waals surface area contributed by atoms with Gasteiger partial charge in [0.1, 0.15) is 22.8 Å². The number of piperidine rings is 1. The number of aryl methyl sites for hydroxylation is 1. The summed E-state index contributed by atoms with van der Waals surface area (Å²) in [5.74, 6) is -0.574. The standard InChI is InChI=1S/C19H21ClFN3O3/c1-11-15(17(22-27-11)16-13(20)5-4-6-14(16)21)19(26)24-9-7-12(8-10-24)18(25)23(2)3/h4-6,12H,7-10H2,1-3H3. The van der Waals surface area contributed by atoms with Crippen LogP contribution in [0.15, 0.2) is 22.7 Å². The summed E-state index contributed by atoms with van der Waals surface area (Å²) in [5, 5.41) is 4.04. The largest absolute Gasteiger partial charge is 0.360 e. The fraction of sp³-hybridized carbons (Fsp3) is 0.421. The molecule has 6 nitrogen and oxygen atoms in total. The molecule has 2 heterocycles. The van der Waals surface area contributed by atoms with Gasteiger partial charge in [-0.1, -0.05) is 22.8 Å². The van der Waals surface area contributed by atoms with Crippen LogP contribution in [0.25, 0.3) is 11.3 Å². The van der Waals surface area contributed by atoms with E-state index in [1.807, 2.05) is 0 Å². The van der Waals surface area contributed by atoms with E-state index in [1.165, 1.54) is 18.2 Å².